The van der Waals surface area contributed by atoms with E-state index in [1.807, 2.05) is 0 Å². The van der Waals surface area contributed by atoms with Crippen molar-refractivity contribution >= 4 is 5.78 Å². The van der Waals surface area contributed by atoms with Crippen LogP contribution in [0.5, 0.6) is 0 Å². The normalized spacial score (nSPS) is 14.4. The summed E-state index contributed by atoms with van der Waals surface area (Å²) in [7, 11) is 0. The third-order valence-corrected chi connectivity index (χ3v) is 3.09. The molecule has 0 saturated heterocycles. The topological polar surface area (TPSA) is 17.1 Å². The molecule has 0 aromatic heterocycles. The number of ketones is 1. The van der Waals surface area contributed by atoms with E-state index in [0.717, 1.165) is 19.3 Å². The van der Waals surface area contributed by atoms with Gasteiger partial charge < -0.3 is 0 Å². The molecule has 0 heterocycles. The molecule has 0 spiro atoms. The molecule has 2 aliphatic rings. The highest BCUT2D eigenvalue weighted by Crippen LogP contribution is 2.21. The smallest absolute Gasteiger partial charge is 0.205 e. The van der Waals surface area contributed by atoms with Gasteiger partial charge in [0.2, 0.25) is 5.78 Å². The Morgan fingerprint density at radius 3 is 2.14 bits per heavy atom. The van der Waals surface area contributed by atoms with Gasteiger partial charge in [-0.25, -0.2) is 0 Å². The van der Waals surface area contributed by atoms with Crippen LogP contribution in [0.1, 0.15) is 51.5 Å². The standard InChI is InChI=1S/C10H9.C6H6O.C4H10/c1-2-4-9(5-3-1)8-10-6-7-10;7-6-4-2-1-3-5-6;1-3-4-2/h1-7H,8H2;1-2,4H2;3-4H2,1-2H3. The van der Waals surface area contributed by atoms with Crippen LogP contribution in [0, 0.1) is 18.3 Å². The van der Waals surface area contributed by atoms with Crippen molar-refractivity contribution in [3.8, 4) is 11.8 Å². The van der Waals surface area contributed by atoms with Crippen LogP contribution < -0.4 is 0 Å². The first kappa shape index (κ1) is 17.2. The Morgan fingerprint density at radius 2 is 1.76 bits per heavy atom. The predicted molar refractivity (Wildman–Crippen MR) is 89.7 cm³/mol. The van der Waals surface area contributed by atoms with Crippen LogP contribution in [0.3, 0.4) is 0 Å². The number of hydrogen-bond acceptors (Lipinski definition) is 1. The minimum atomic E-state index is 0.103. The number of carbonyl (C=O) groups is 1. The fraction of sp³-hybridized carbons (Fsp3) is 0.400. The minimum absolute atomic E-state index is 0.103. The van der Waals surface area contributed by atoms with Gasteiger partial charge in [0.25, 0.3) is 0 Å². The molecule has 1 aromatic carbocycles. The zero-order chi connectivity index (χ0) is 15.3. The monoisotopic (exact) mass is 281 g/mol. The van der Waals surface area contributed by atoms with E-state index in [4.69, 9.17) is 0 Å². The number of rotatable bonds is 3. The molecule has 1 nitrogen and oxygen atoms in total. The summed E-state index contributed by atoms with van der Waals surface area (Å²) < 4.78 is 0. The molecule has 1 aromatic rings. The van der Waals surface area contributed by atoms with Gasteiger partial charge in [-0.05, 0) is 24.3 Å². The van der Waals surface area contributed by atoms with Gasteiger partial charge in [0, 0.05) is 19.3 Å². The van der Waals surface area contributed by atoms with E-state index in [2.05, 4.69) is 68.5 Å². The highest BCUT2D eigenvalue weighted by atomic mass is 16.1. The highest BCUT2D eigenvalue weighted by Gasteiger charge is 2.06. The van der Waals surface area contributed by atoms with Crippen LogP contribution in [0.2, 0.25) is 0 Å². The summed E-state index contributed by atoms with van der Waals surface area (Å²) in [5.41, 5.74) is 2.87. The third kappa shape index (κ3) is 9.68. The zero-order valence-electron chi connectivity index (χ0n) is 13.2. The molecule has 1 radical (unpaired) electrons. The third-order valence-electron chi connectivity index (χ3n) is 3.09. The Labute approximate surface area is 129 Å². The zero-order valence-corrected chi connectivity index (χ0v) is 13.2. The number of carbonyl (C=O) groups excluding carboxylic acids is 1. The van der Waals surface area contributed by atoms with Crippen LogP contribution in [0.15, 0.2) is 42.0 Å². The first-order valence-electron chi connectivity index (χ1n) is 7.85. The molecule has 0 unspecified atom stereocenters. The molecule has 0 aliphatic heterocycles. The first-order chi connectivity index (χ1) is 10.3. The molecule has 3 rings (SSSR count). The van der Waals surface area contributed by atoms with Crippen molar-refractivity contribution in [2.75, 3.05) is 0 Å². The average Bonchev–Trinajstić information content (AvgIpc) is 3.34. The van der Waals surface area contributed by atoms with E-state index >= 15 is 0 Å². The molecule has 0 amide bonds. The summed E-state index contributed by atoms with van der Waals surface area (Å²) >= 11 is 0. The summed E-state index contributed by atoms with van der Waals surface area (Å²) in [6.07, 6.45) is 10.6. The molecular weight excluding hydrogens is 256 g/mol. The second-order valence-electron chi connectivity index (χ2n) is 5.15. The molecule has 0 fully saturated rings. The van der Waals surface area contributed by atoms with E-state index in [1.165, 1.54) is 24.0 Å². The van der Waals surface area contributed by atoms with Gasteiger partial charge in [-0.3, -0.25) is 4.79 Å². The average molecular weight is 281 g/mol. The van der Waals surface area contributed by atoms with Crippen molar-refractivity contribution in [3.05, 3.63) is 54.0 Å². The van der Waals surface area contributed by atoms with Crippen LogP contribution >= 0.6 is 0 Å². The second-order valence-corrected chi connectivity index (χ2v) is 5.15. The number of allylic oxidation sites excluding steroid dienone is 2. The van der Waals surface area contributed by atoms with Gasteiger partial charge in [-0.15, -0.1) is 0 Å². The molecule has 0 N–H and O–H groups in total. The van der Waals surface area contributed by atoms with Crippen LogP contribution in [0.25, 0.3) is 0 Å². The van der Waals surface area contributed by atoms with Gasteiger partial charge in [-0.2, -0.15) is 0 Å². The fourth-order valence-electron chi connectivity index (χ4n) is 1.57. The second kappa shape index (κ2) is 10.9. The van der Waals surface area contributed by atoms with Crippen molar-refractivity contribution in [2.45, 2.75) is 52.4 Å². The number of unbranched alkanes of at least 4 members (excludes halogenated alkanes) is 1. The lowest BCUT2D eigenvalue weighted by molar-refractivity contribution is -0.114. The molecule has 0 saturated carbocycles. The van der Waals surface area contributed by atoms with Crippen LogP contribution in [-0.2, 0) is 11.2 Å². The number of Topliss-reactive ketones (excluding diaryl/α,β-unsaturated/α-hetero) is 1. The molecule has 0 atom stereocenters. The molecule has 21 heavy (non-hydrogen) atoms. The maximum absolute atomic E-state index is 10.3. The van der Waals surface area contributed by atoms with Crippen molar-refractivity contribution in [1.29, 1.82) is 0 Å². The van der Waals surface area contributed by atoms with Crippen molar-refractivity contribution in [3.63, 3.8) is 0 Å². The summed E-state index contributed by atoms with van der Waals surface area (Å²) in [6.45, 7) is 4.36. The predicted octanol–water partition coefficient (Wildman–Crippen LogP) is 4.92. The Balaban J connectivity index is 0.000000176. The quantitative estimate of drug-likeness (QED) is 0.567. The Morgan fingerprint density at radius 1 is 1.10 bits per heavy atom. The first-order valence-corrected chi connectivity index (χ1v) is 7.85. The minimum Gasteiger partial charge on any atom is -0.285 e. The van der Waals surface area contributed by atoms with Crippen molar-refractivity contribution in [1.82, 2.24) is 0 Å². The van der Waals surface area contributed by atoms with E-state index < -0.39 is 0 Å². The lowest BCUT2D eigenvalue weighted by atomic mass is 10.1. The van der Waals surface area contributed by atoms with Gasteiger partial charge in [0.15, 0.2) is 0 Å². The number of benzene rings is 1. The molecule has 1 heteroatoms. The largest absolute Gasteiger partial charge is 0.285 e. The summed E-state index contributed by atoms with van der Waals surface area (Å²) in [6, 6.07) is 10.5. The number of hydrogen-bond donors (Lipinski definition) is 0. The van der Waals surface area contributed by atoms with Gasteiger partial charge in [-0.1, -0.05) is 74.6 Å². The molecule has 2 aliphatic carbocycles. The van der Waals surface area contributed by atoms with Crippen LogP contribution in [0.4, 0.5) is 0 Å². The Hall–Kier alpha value is -1.81. The summed E-state index contributed by atoms with van der Waals surface area (Å²) in [5.74, 6) is 5.33. The van der Waals surface area contributed by atoms with Gasteiger partial charge >= 0.3 is 0 Å². The Bertz CT molecular complexity index is 498. The summed E-state index contributed by atoms with van der Waals surface area (Å²) in [5, 5.41) is 0. The lowest BCUT2D eigenvalue weighted by Crippen LogP contribution is -1.96. The van der Waals surface area contributed by atoms with Gasteiger partial charge in [0.05, 0.1) is 0 Å². The van der Waals surface area contributed by atoms with E-state index in [1.54, 1.807) is 0 Å². The Kier molecular flexibility index (Phi) is 8.96. The van der Waals surface area contributed by atoms with Crippen molar-refractivity contribution in [2.24, 2.45) is 0 Å². The van der Waals surface area contributed by atoms with Crippen LogP contribution in [-0.4, -0.2) is 5.78 Å². The highest BCUT2D eigenvalue weighted by molar-refractivity contribution is 5.96. The molecule has 111 valence electrons. The fourth-order valence-corrected chi connectivity index (χ4v) is 1.57. The maximum atomic E-state index is 10.3. The molecular formula is C20H25O. The lowest BCUT2D eigenvalue weighted by Gasteiger charge is -1.93. The van der Waals surface area contributed by atoms with E-state index in [9.17, 15) is 4.79 Å². The van der Waals surface area contributed by atoms with Gasteiger partial charge in [0.1, 0.15) is 0 Å². The van der Waals surface area contributed by atoms with Crippen molar-refractivity contribution < 1.29 is 4.79 Å². The maximum Gasteiger partial charge on any atom is 0.205 e. The summed E-state index contributed by atoms with van der Waals surface area (Å²) in [4.78, 5) is 10.3. The van der Waals surface area contributed by atoms with E-state index in [0.29, 0.717) is 6.42 Å². The molecule has 0 bridgehead atoms. The SMILES string of the molecule is CCCC.O=C1C#CCCC1.[CH]1C=C1Cc1ccccc1. The van der Waals surface area contributed by atoms with E-state index in [-0.39, 0.29) is 5.78 Å².